The van der Waals surface area contributed by atoms with Crippen LogP contribution in [0, 0.1) is 0 Å². The van der Waals surface area contributed by atoms with Crippen molar-refractivity contribution in [2.75, 3.05) is 32.7 Å². The van der Waals surface area contributed by atoms with E-state index in [1.54, 1.807) is 17.2 Å². The molecule has 10 heteroatoms. The SMILES string of the molecule is C=CC(=O)N1C[C@H](Nc2ncc3cc(-c4c(Cl)c(OC)cc(OC)c4Cl)ccc3n2)C[C@H]1CO. The lowest BCUT2D eigenvalue weighted by molar-refractivity contribution is -0.127. The van der Waals surface area contributed by atoms with Crippen molar-refractivity contribution in [1.82, 2.24) is 14.9 Å². The number of rotatable bonds is 7. The molecule has 2 N–H and O–H groups in total. The van der Waals surface area contributed by atoms with Gasteiger partial charge >= 0.3 is 0 Å². The van der Waals surface area contributed by atoms with Crippen LogP contribution in [0.3, 0.4) is 0 Å². The van der Waals surface area contributed by atoms with Crippen molar-refractivity contribution in [3.8, 4) is 22.6 Å². The van der Waals surface area contributed by atoms with E-state index in [2.05, 4.69) is 21.9 Å². The van der Waals surface area contributed by atoms with Crippen LogP contribution in [0.4, 0.5) is 5.95 Å². The molecule has 3 aromatic rings. The summed E-state index contributed by atoms with van der Waals surface area (Å²) in [5, 5.41) is 14.4. The van der Waals surface area contributed by atoms with Gasteiger partial charge < -0.3 is 24.8 Å². The summed E-state index contributed by atoms with van der Waals surface area (Å²) in [4.78, 5) is 22.7. The molecular formula is C24H24Cl2N4O4. The fourth-order valence-corrected chi connectivity index (χ4v) is 4.88. The molecule has 1 saturated heterocycles. The highest BCUT2D eigenvalue weighted by Crippen LogP contribution is 2.46. The number of hydrogen-bond acceptors (Lipinski definition) is 7. The Morgan fingerprint density at radius 1 is 1.26 bits per heavy atom. The molecule has 34 heavy (non-hydrogen) atoms. The van der Waals surface area contributed by atoms with Crippen molar-refractivity contribution in [2.45, 2.75) is 18.5 Å². The summed E-state index contributed by atoms with van der Waals surface area (Å²) in [6.45, 7) is 3.85. The number of carbonyl (C=O) groups is 1. The molecule has 0 radical (unpaired) electrons. The highest BCUT2D eigenvalue weighted by atomic mass is 35.5. The van der Waals surface area contributed by atoms with E-state index in [-0.39, 0.29) is 24.6 Å². The number of nitrogens with zero attached hydrogens (tertiary/aromatic N) is 3. The average Bonchev–Trinajstić information content (AvgIpc) is 3.26. The standard InChI is InChI=1S/C24H24Cl2N4O4/c1-4-20(32)30-11-15(8-16(30)12-31)28-24-27-10-14-7-13(5-6-17(14)29-24)21-22(25)18(33-2)9-19(34-3)23(21)26/h4-7,9-10,15-16,31H,1,8,11-12H2,2-3H3,(H,27,28,29)/t15-,16+/m1/s1. The molecule has 1 amide bonds. The molecule has 1 aliphatic rings. The number of amides is 1. The van der Waals surface area contributed by atoms with Crippen LogP contribution in [-0.2, 0) is 4.79 Å². The maximum absolute atomic E-state index is 12.0. The van der Waals surface area contributed by atoms with Gasteiger partial charge in [-0.25, -0.2) is 9.97 Å². The Kier molecular flexibility index (Phi) is 7.11. The second-order valence-corrected chi connectivity index (χ2v) is 8.62. The number of ether oxygens (including phenoxy) is 2. The third-order valence-corrected chi connectivity index (χ3v) is 6.61. The molecule has 1 aromatic heterocycles. The van der Waals surface area contributed by atoms with E-state index in [0.717, 1.165) is 16.5 Å². The molecule has 8 nitrogen and oxygen atoms in total. The first-order valence-electron chi connectivity index (χ1n) is 10.6. The molecule has 0 aliphatic carbocycles. The highest BCUT2D eigenvalue weighted by Gasteiger charge is 2.34. The Balaban J connectivity index is 1.62. The summed E-state index contributed by atoms with van der Waals surface area (Å²) in [7, 11) is 3.06. The van der Waals surface area contributed by atoms with E-state index >= 15 is 0 Å². The van der Waals surface area contributed by atoms with Crippen LogP contribution in [0.5, 0.6) is 11.5 Å². The minimum atomic E-state index is -0.264. The molecule has 2 atom stereocenters. The van der Waals surface area contributed by atoms with Gasteiger partial charge in [-0.3, -0.25) is 4.79 Å². The first-order valence-corrected chi connectivity index (χ1v) is 11.3. The zero-order valence-electron chi connectivity index (χ0n) is 18.7. The molecule has 0 spiro atoms. The number of hydrogen-bond donors (Lipinski definition) is 2. The van der Waals surface area contributed by atoms with Gasteiger partial charge in [-0.1, -0.05) is 35.8 Å². The van der Waals surface area contributed by atoms with Gasteiger partial charge in [0.15, 0.2) is 0 Å². The Morgan fingerprint density at radius 3 is 2.59 bits per heavy atom. The van der Waals surface area contributed by atoms with Crippen LogP contribution < -0.4 is 14.8 Å². The summed E-state index contributed by atoms with van der Waals surface area (Å²) < 4.78 is 10.7. The van der Waals surface area contributed by atoms with Gasteiger partial charge in [0.05, 0.1) is 42.4 Å². The van der Waals surface area contributed by atoms with Gasteiger partial charge in [-0.2, -0.15) is 0 Å². The lowest BCUT2D eigenvalue weighted by atomic mass is 10.0. The monoisotopic (exact) mass is 502 g/mol. The molecule has 1 fully saturated rings. The topological polar surface area (TPSA) is 96.8 Å². The van der Waals surface area contributed by atoms with Crippen molar-refractivity contribution < 1.29 is 19.4 Å². The number of halogens is 2. The largest absolute Gasteiger partial charge is 0.495 e. The van der Waals surface area contributed by atoms with Crippen molar-refractivity contribution >= 4 is 46.0 Å². The zero-order valence-corrected chi connectivity index (χ0v) is 20.2. The molecule has 1 aliphatic heterocycles. The van der Waals surface area contributed by atoms with Gasteiger partial charge in [-0.05, 0) is 30.2 Å². The van der Waals surface area contributed by atoms with E-state index < -0.39 is 0 Å². The summed E-state index contributed by atoms with van der Waals surface area (Å²) in [5.74, 6) is 1.14. The van der Waals surface area contributed by atoms with Crippen LogP contribution in [-0.4, -0.2) is 65.3 Å². The highest BCUT2D eigenvalue weighted by molar-refractivity contribution is 6.41. The number of likely N-dealkylation sites (tertiary alicyclic amines) is 1. The summed E-state index contributed by atoms with van der Waals surface area (Å²) in [6.07, 6.45) is 3.55. The minimum absolute atomic E-state index is 0.0837. The van der Waals surface area contributed by atoms with Crippen molar-refractivity contribution in [3.05, 3.63) is 53.2 Å². The van der Waals surface area contributed by atoms with E-state index in [9.17, 15) is 9.90 Å². The number of fused-ring (bicyclic) bond motifs is 1. The Morgan fingerprint density at radius 2 is 1.97 bits per heavy atom. The number of methoxy groups -OCH3 is 2. The van der Waals surface area contributed by atoms with E-state index in [1.165, 1.54) is 20.3 Å². The Bertz CT molecular complexity index is 1230. The van der Waals surface area contributed by atoms with Crippen LogP contribution in [0.15, 0.2) is 43.1 Å². The molecule has 0 saturated carbocycles. The molecule has 4 rings (SSSR count). The van der Waals surface area contributed by atoms with Crippen LogP contribution >= 0.6 is 23.2 Å². The first kappa shape index (κ1) is 24.1. The number of aromatic nitrogens is 2. The van der Waals surface area contributed by atoms with Crippen LogP contribution in [0.1, 0.15) is 6.42 Å². The molecule has 2 aromatic carbocycles. The summed E-state index contributed by atoms with van der Waals surface area (Å²) >= 11 is 13.1. The molecule has 2 heterocycles. The predicted molar refractivity (Wildman–Crippen MR) is 133 cm³/mol. The van der Waals surface area contributed by atoms with Crippen molar-refractivity contribution in [2.24, 2.45) is 0 Å². The minimum Gasteiger partial charge on any atom is -0.495 e. The number of nitrogens with one attached hydrogen (secondary N) is 1. The molecule has 0 unspecified atom stereocenters. The third kappa shape index (κ3) is 4.49. The van der Waals surface area contributed by atoms with Gasteiger partial charge in [0.1, 0.15) is 11.5 Å². The summed E-state index contributed by atoms with van der Waals surface area (Å²) in [5.41, 5.74) is 2.08. The van der Waals surface area contributed by atoms with Gasteiger partial charge in [0.25, 0.3) is 0 Å². The van der Waals surface area contributed by atoms with Crippen molar-refractivity contribution in [3.63, 3.8) is 0 Å². The van der Waals surface area contributed by atoms with E-state index in [0.29, 0.717) is 46.0 Å². The number of aliphatic hydroxyl groups excluding tert-OH is 1. The van der Waals surface area contributed by atoms with Gasteiger partial charge in [0, 0.05) is 35.8 Å². The first-order chi connectivity index (χ1) is 16.4. The number of carbonyl (C=O) groups excluding carboxylic acids is 1. The maximum atomic E-state index is 12.0. The summed E-state index contributed by atoms with van der Waals surface area (Å²) in [6, 6.07) is 6.92. The van der Waals surface area contributed by atoms with Gasteiger partial charge in [0.2, 0.25) is 11.9 Å². The normalized spacial score (nSPS) is 17.6. The zero-order chi connectivity index (χ0) is 24.4. The second kappa shape index (κ2) is 10.0. The fraction of sp³-hybridized carbons (Fsp3) is 0.292. The van der Waals surface area contributed by atoms with E-state index in [1.807, 2.05) is 18.2 Å². The lowest BCUT2D eigenvalue weighted by Gasteiger charge is -2.20. The Labute approximate surface area is 207 Å². The number of anilines is 1. The lowest BCUT2D eigenvalue weighted by Crippen LogP contribution is -2.37. The van der Waals surface area contributed by atoms with Crippen molar-refractivity contribution in [1.29, 1.82) is 0 Å². The predicted octanol–water partition coefficient (Wildman–Crippen LogP) is 4.18. The molecule has 178 valence electrons. The molecule has 0 bridgehead atoms. The second-order valence-electron chi connectivity index (χ2n) is 7.86. The number of benzene rings is 2. The van der Waals surface area contributed by atoms with Gasteiger partial charge in [-0.15, -0.1) is 0 Å². The smallest absolute Gasteiger partial charge is 0.246 e. The number of aliphatic hydroxyl groups is 1. The average molecular weight is 503 g/mol. The fourth-order valence-electron chi connectivity index (χ4n) is 4.16. The maximum Gasteiger partial charge on any atom is 0.246 e. The van der Waals surface area contributed by atoms with Crippen LogP contribution in [0.25, 0.3) is 22.0 Å². The third-order valence-electron chi connectivity index (χ3n) is 5.86. The molecular weight excluding hydrogens is 479 g/mol. The van der Waals surface area contributed by atoms with Crippen LogP contribution in [0.2, 0.25) is 10.0 Å². The Hall–Kier alpha value is -3.07. The quantitative estimate of drug-likeness (QED) is 0.467. The van der Waals surface area contributed by atoms with E-state index in [4.69, 9.17) is 32.7 Å².